The Labute approximate surface area is 103 Å². The van der Waals surface area contributed by atoms with Crippen molar-refractivity contribution in [1.29, 1.82) is 0 Å². The minimum Gasteiger partial charge on any atom is -0.480 e. The Kier molecular flexibility index (Phi) is 3.45. The van der Waals surface area contributed by atoms with Crippen molar-refractivity contribution in [1.82, 2.24) is 4.90 Å². The number of hydrogen-bond acceptors (Lipinski definition) is 4. The average molecular weight is 251 g/mol. The molecule has 1 N–H and O–H groups in total. The van der Waals surface area contributed by atoms with Gasteiger partial charge >= 0.3 is 11.6 Å². The van der Waals surface area contributed by atoms with Crippen molar-refractivity contribution < 1.29 is 19.1 Å². The van der Waals surface area contributed by atoms with Crippen molar-refractivity contribution in [3.63, 3.8) is 0 Å². The van der Waals surface area contributed by atoms with E-state index in [2.05, 4.69) is 4.42 Å². The molecule has 0 spiro atoms. The molecule has 1 aliphatic rings. The van der Waals surface area contributed by atoms with Gasteiger partial charge in [-0.2, -0.15) is 0 Å². The molecular formula is C12H13NO5. The molecule has 1 amide bonds. The summed E-state index contributed by atoms with van der Waals surface area (Å²) in [7, 11) is 0. The maximum atomic E-state index is 12.1. The molecule has 0 bridgehead atoms. The van der Waals surface area contributed by atoms with Gasteiger partial charge in [-0.25, -0.2) is 9.59 Å². The summed E-state index contributed by atoms with van der Waals surface area (Å²) in [5, 5.41) is 9.08. The first-order valence-electron chi connectivity index (χ1n) is 5.72. The van der Waals surface area contributed by atoms with Gasteiger partial charge in [-0.15, -0.1) is 0 Å². The van der Waals surface area contributed by atoms with Crippen LogP contribution in [0, 0.1) is 0 Å². The monoisotopic (exact) mass is 251 g/mol. The second-order valence-corrected chi connectivity index (χ2v) is 4.19. The summed E-state index contributed by atoms with van der Waals surface area (Å²) in [4.78, 5) is 35.3. The highest BCUT2D eigenvalue weighted by molar-refractivity contribution is 5.96. The number of carbonyl (C=O) groups excluding carboxylic acids is 1. The molecule has 1 unspecified atom stereocenters. The fraction of sp³-hybridized carbons (Fsp3) is 0.417. The summed E-state index contributed by atoms with van der Waals surface area (Å²) in [5.41, 5.74) is -0.345. The summed E-state index contributed by atoms with van der Waals surface area (Å²) in [5.74, 6) is -1.41. The highest BCUT2D eigenvalue weighted by atomic mass is 16.4. The number of nitrogens with zero attached hydrogens (tertiary/aromatic N) is 1. The molecule has 0 radical (unpaired) electrons. The van der Waals surface area contributed by atoms with Gasteiger partial charge in [-0.05, 0) is 25.3 Å². The third kappa shape index (κ3) is 2.42. The number of likely N-dealkylation sites (tertiary alicyclic amines) is 1. The normalized spacial score (nSPS) is 19.6. The summed E-state index contributed by atoms with van der Waals surface area (Å²) < 4.78 is 4.62. The molecule has 0 aliphatic carbocycles. The van der Waals surface area contributed by atoms with Crippen LogP contribution in [0.1, 0.15) is 29.6 Å². The molecule has 1 aliphatic heterocycles. The minimum absolute atomic E-state index is 0.197. The second kappa shape index (κ2) is 5.03. The molecular weight excluding hydrogens is 238 g/mol. The average Bonchev–Trinajstić information content (AvgIpc) is 2.39. The predicted molar refractivity (Wildman–Crippen MR) is 61.3 cm³/mol. The van der Waals surface area contributed by atoms with Gasteiger partial charge in [0.05, 0.1) is 5.56 Å². The van der Waals surface area contributed by atoms with E-state index in [0.29, 0.717) is 13.0 Å². The van der Waals surface area contributed by atoms with E-state index in [1.165, 1.54) is 11.0 Å². The molecule has 0 saturated carbocycles. The highest BCUT2D eigenvalue weighted by Gasteiger charge is 2.32. The molecule has 1 atom stereocenters. The van der Waals surface area contributed by atoms with E-state index in [1.807, 2.05) is 0 Å². The Balaban J connectivity index is 2.23. The Morgan fingerprint density at radius 1 is 1.33 bits per heavy atom. The SMILES string of the molecule is O=C(O)C1CCCCN1C(=O)c1ccc(=O)oc1. The highest BCUT2D eigenvalue weighted by Crippen LogP contribution is 2.19. The van der Waals surface area contributed by atoms with Crippen LogP contribution in [0.15, 0.2) is 27.6 Å². The maximum absolute atomic E-state index is 12.1. The second-order valence-electron chi connectivity index (χ2n) is 4.19. The molecule has 2 rings (SSSR count). The van der Waals surface area contributed by atoms with Crippen molar-refractivity contribution in [3.8, 4) is 0 Å². The van der Waals surface area contributed by atoms with Gasteiger partial charge in [0.1, 0.15) is 12.3 Å². The van der Waals surface area contributed by atoms with Crippen LogP contribution in [0.3, 0.4) is 0 Å². The van der Waals surface area contributed by atoms with Crippen LogP contribution in [0.2, 0.25) is 0 Å². The molecule has 6 nitrogen and oxygen atoms in total. The Morgan fingerprint density at radius 2 is 2.11 bits per heavy atom. The van der Waals surface area contributed by atoms with Gasteiger partial charge in [0.25, 0.3) is 5.91 Å². The van der Waals surface area contributed by atoms with Crippen LogP contribution >= 0.6 is 0 Å². The lowest BCUT2D eigenvalue weighted by Crippen LogP contribution is -2.48. The van der Waals surface area contributed by atoms with Gasteiger partial charge in [0, 0.05) is 12.6 Å². The van der Waals surface area contributed by atoms with Crippen LogP contribution in [-0.4, -0.2) is 34.5 Å². The summed E-state index contributed by atoms with van der Waals surface area (Å²) in [6.07, 6.45) is 3.10. The van der Waals surface area contributed by atoms with Crippen molar-refractivity contribution >= 4 is 11.9 Å². The maximum Gasteiger partial charge on any atom is 0.335 e. The molecule has 1 saturated heterocycles. The van der Waals surface area contributed by atoms with Crippen LogP contribution < -0.4 is 5.63 Å². The number of hydrogen-bond donors (Lipinski definition) is 1. The molecule has 96 valence electrons. The minimum atomic E-state index is -1.000. The number of piperidine rings is 1. The van der Waals surface area contributed by atoms with E-state index in [9.17, 15) is 14.4 Å². The van der Waals surface area contributed by atoms with Crippen LogP contribution in [0.25, 0.3) is 0 Å². The number of carboxylic acid groups (broad SMARTS) is 1. The first-order chi connectivity index (χ1) is 8.59. The van der Waals surface area contributed by atoms with Crippen LogP contribution in [0.5, 0.6) is 0 Å². The lowest BCUT2D eigenvalue weighted by molar-refractivity contribution is -0.143. The van der Waals surface area contributed by atoms with Crippen molar-refractivity contribution in [3.05, 3.63) is 34.4 Å². The Bertz CT molecular complexity index is 501. The first-order valence-corrected chi connectivity index (χ1v) is 5.72. The summed E-state index contributed by atoms with van der Waals surface area (Å²) >= 11 is 0. The lowest BCUT2D eigenvalue weighted by atomic mass is 10.0. The van der Waals surface area contributed by atoms with Crippen molar-refractivity contribution in [2.75, 3.05) is 6.54 Å². The standard InChI is InChI=1S/C12H13NO5/c14-10-5-4-8(7-18-10)11(15)13-6-2-1-3-9(13)12(16)17/h4-5,7,9H,1-3,6H2,(H,16,17). The number of aliphatic carboxylic acids is 1. The van der Waals surface area contributed by atoms with Gasteiger partial charge < -0.3 is 14.4 Å². The fourth-order valence-corrected chi connectivity index (χ4v) is 2.08. The van der Waals surface area contributed by atoms with E-state index < -0.39 is 23.5 Å². The molecule has 2 heterocycles. The number of carbonyl (C=O) groups is 2. The first kappa shape index (κ1) is 12.3. The number of carboxylic acids is 1. The third-order valence-corrected chi connectivity index (χ3v) is 3.00. The molecule has 1 aromatic heterocycles. The van der Waals surface area contributed by atoms with E-state index in [4.69, 9.17) is 5.11 Å². The van der Waals surface area contributed by atoms with Gasteiger partial charge in [-0.1, -0.05) is 0 Å². The molecule has 18 heavy (non-hydrogen) atoms. The third-order valence-electron chi connectivity index (χ3n) is 3.00. The van der Waals surface area contributed by atoms with Gasteiger partial charge in [0.15, 0.2) is 0 Å². The number of amides is 1. The van der Waals surface area contributed by atoms with Crippen molar-refractivity contribution in [2.24, 2.45) is 0 Å². The zero-order valence-electron chi connectivity index (χ0n) is 9.67. The van der Waals surface area contributed by atoms with Crippen LogP contribution in [0.4, 0.5) is 0 Å². The van der Waals surface area contributed by atoms with Gasteiger partial charge in [0.2, 0.25) is 0 Å². The molecule has 1 aromatic rings. The molecule has 1 fully saturated rings. The molecule has 0 aromatic carbocycles. The van der Waals surface area contributed by atoms with E-state index in [0.717, 1.165) is 25.2 Å². The van der Waals surface area contributed by atoms with E-state index in [1.54, 1.807) is 0 Å². The number of rotatable bonds is 2. The Morgan fingerprint density at radius 3 is 2.72 bits per heavy atom. The molecule has 6 heteroatoms. The topological polar surface area (TPSA) is 87.8 Å². The van der Waals surface area contributed by atoms with E-state index >= 15 is 0 Å². The lowest BCUT2D eigenvalue weighted by Gasteiger charge is -2.32. The van der Waals surface area contributed by atoms with Crippen molar-refractivity contribution in [2.45, 2.75) is 25.3 Å². The van der Waals surface area contributed by atoms with E-state index in [-0.39, 0.29) is 5.56 Å². The summed E-state index contributed by atoms with van der Waals surface area (Å²) in [6, 6.07) is 1.70. The largest absolute Gasteiger partial charge is 0.480 e. The van der Waals surface area contributed by atoms with Crippen LogP contribution in [-0.2, 0) is 4.79 Å². The zero-order valence-corrected chi connectivity index (χ0v) is 9.67. The van der Waals surface area contributed by atoms with Gasteiger partial charge in [-0.3, -0.25) is 4.79 Å². The zero-order chi connectivity index (χ0) is 13.1. The smallest absolute Gasteiger partial charge is 0.335 e. The summed E-state index contributed by atoms with van der Waals surface area (Å²) in [6.45, 7) is 0.412. The predicted octanol–water partition coefficient (Wildman–Crippen LogP) is 0.719. The Hall–Kier alpha value is -2.11. The fourth-order valence-electron chi connectivity index (χ4n) is 2.08. The quantitative estimate of drug-likeness (QED) is 0.836.